The molecule has 4 rings (SSSR count). The molecular formula is C23H20F4N4O3. The van der Waals surface area contributed by atoms with E-state index >= 15 is 0 Å². The number of alkyl halides is 3. The lowest BCUT2D eigenvalue weighted by Gasteiger charge is -2.26. The minimum absolute atomic E-state index is 0.0658. The van der Waals surface area contributed by atoms with Gasteiger partial charge in [-0.2, -0.15) is 13.2 Å². The minimum Gasteiger partial charge on any atom is -0.481 e. The Morgan fingerprint density at radius 1 is 1.12 bits per heavy atom. The molecule has 1 aliphatic carbocycles. The van der Waals surface area contributed by atoms with E-state index in [0.29, 0.717) is 37.9 Å². The van der Waals surface area contributed by atoms with Gasteiger partial charge in [-0.3, -0.25) is 14.2 Å². The molecule has 0 aliphatic heterocycles. The number of carbonyl (C=O) groups is 1. The third-order valence-corrected chi connectivity index (χ3v) is 5.79. The van der Waals surface area contributed by atoms with Crippen LogP contribution in [0.1, 0.15) is 31.2 Å². The van der Waals surface area contributed by atoms with Gasteiger partial charge in [0.1, 0.15) is 5.69 Å². The standard InChI is InChI=1S/C23H20F4N4O3/c24-18-11-28-22(29-16-7-4-13(5-8-16)21(33)34)30-20(18)14-2-1-3-17(10-14)31-12-15(23(25,26)27)6-9-19(31)32/h1-3,6,9-13,16H,4-5,7-8H2,(H,33,34)(H,28,29,30). The molecule has 3 aromatic rings. The van der Waals surface area contributed by atoms with E-state index in [1.807, 2.05) is 0 Å². The van der Waals surface area contributed by atoms with Gasteiger partial charge in [-0.1, -0.05) is 12.1 Å². The summed E-state index contributed by atoms with van der Waals surface area (Å²) in [6.45, 7) is 0. The van der Waals surface area contributed by atoms with Gasteiger partial charge in [0.05, 0.1) is 17.7 Å². The fourth-order valence-electron chi connectivity index (χ4n) is 3.97. The summed E-state index contributed by atoms with van der Waals surface area (Å²) in [5.74, 6) is -1.80. The number of nitrogens with zero attached hydrogens (tertiary/aromatic N) is 3. The highest BCUT2D eigenvalue weighted by Crippen LogP contribution is 2.30. The van der Waals surface area contributed by atoms with Crippen LogP contribution in [0, 0.1) is 11.7 Å². The molecule has 2 N–H and O–H groups in total. The maximum Gasteiger partial charge on any atom is 0.417 e. The van der Waals surface area contributed by atoms with Crippen LogP contribution in [0.5, 0.6) is 0 Å². The zero-order valence-corrected chi connectivity index (χ0v) is 17.7. The molecule has 1 saturated carbocycles. The van der Waals surface area contributed by atoms with Gasteiger partial charge in [-0.25, -0.2) is 14.4 Å². The summed E-state index contributed by atoms with van der Waals surface area (Å²) in [6.07, 6.45) is -0.740. The summed E-state index contributed by atoms with van der Waals surface area (Å²) >= 11 is 0. The molecule has 0 radical (unpaired) electrons. The Morgan fingerprint density at radius 2 is 1.85 bits per heavy atom. The molecule has 0 spiro atoms. The van der Waals surface area contributed by atoms with Crippen molar-refractivity contribution in [1.29, 1.82) is 0 Å². The van der Waals surface area contributed by atoms with Gasteiger partial charge in [-0.05, 0) is 43.9 Å². The van der Waals surface area contributed by atoms with Crippen LogP contribution in [0.25, 0.3) is 16.9 Å². The topological polar surface area (TPSA) is 97.1 Å². The molecular weight excluding hydrogens is 456 g/mol. The maximum absolute atomic E-state index is 14.6. The first-order valence-corrected chi connectivity index (χ1v) is 10.5. The van der Waals surface area contributed by atoms with E-state index in [1.54, 1.807) is 0 Å². The van der Waals surface area contributed by atoms with Crippen molar-refractivity contribution < 1.29 is 27.5 Å². The van der Waals surface area contributed by atoms with E-state index in [9.17, 15) is 27.2 Å². The second kappa shape index (κ2) is 9.24. The van der Waals surface area contributed by atoms with Gasteiger partial charge in [-0.15, -0.1) is 0 Å². The van der Waals surface area contributed by atoms with Crippen LogP contribution in [0.3, 0.4) is 0 Å². The van der Waals surface area contributed by atoms with E-state index in [2.05, 4.69) is 15.3 Å². The first-order valence-electron chi connectivity index (χ1n) is 10.5. The van der Waals surface area contributed by atoms with Crippen LogP contribution in [-0.4, -0.2) is 31.7 Å². The Hall–Kier alpha value is -3.76. The van der Waals surface area contributed by atoms with Crippen molar-refractivity contribution in [3.05, 3.63) is 70.5 Å². The Labute approximate surface area is 191 Å². The third-order valence-electron chi connectivity index (χ3n) is 5.79. The number of nitrogens with one attached hydrogen (secondary N) is 1. The number of benzene rings is 1. The van der Waals surface area contributed by atoms with Crippen molar-refractivity contribution >= 4 is 11.9 Å². The second-order valence-corrected chi connectivity index (χ2v) is 8.10. The van der Waals surface area contributed by atoms with Crippen LogP contribution in [0.4, 0.5) is 23.5 Å². The number of carboxylic acids is 1. The van der Waals surface area contributed by atoms with Gasteiger partial charge in [0.2, 0.25) is 5.95 Å². The highest BCUT2D eigenvalue weighted by Gasteiger charge is 2.31. The fraction of sp³-hybridized carbons (Fsp3) is 0.304. The van der Waals surface area contributed by atoms with Crippen molar-refractivity contribution in [2.45, 2.75) is 37.9 Å². The lowest BCUT2D eigenvalue weighted by atomic mass is 9.86. The van der Waals surface area contributed by atoms with Crippen molar-refractivity contribution in [3.8, 4) is 16.9 Å². The summed E-state index contributed by atoms with van der Waals surface area (Å²) in [6, 6.07) is 7.27. The predicted molar refractivity (Wildman–Crippen MR) is 115 cm³/mol. The number of rotatable bonds is 5. The van der Waals surface area contributed by atoms with Crippen LogP contribution >= 0.6 is 0 Å². The molecule has 0 atom stereocenters. The Morgan fingerprint density at radius 3 is 2.53 bits per heavy atom. The van der Waals surface area contributed by atoms with Gasteiger partial charge in [0.25, 0.3) is 5.56 Å². The number of hydrogen-bond acceptors (Lipinski definition) is 5. The molecule has 1 aromatic carbocycles. The van der Waals surface area contributed by atoms with Gasteiger partial charge >= 0.3 is 12.1 Å². The predicted octanol–water partition coefficient (Wildman–Crippen LogP) is 4.51. The lowest BCUT2D eigenvalue weighted by Crippen LogP contribution is -2.29. The van der Waals surface area contributed by atoms with Crippen LogP contribution in [-0.2, 0) is 11.0 Å². The summed E-state index contributed by atoms with van der Waals surface area (Å²) in [7, 11) is 0. The highest BCUT2D eigenvalue weighted by molar-refractivity contribution is 5.70. The zero-order chi connectivity index (χ0) is 24.5. The van der Waals surface area contributed by atoms with Crippen molar-refractivity contribution in [3.63, 3.8) is 0 Å². The molecule has 34 heavy (non-hydrogen) atoms. The smallest absolute Gasteiger partial charge is 0.417 e. The zero-order valence-electron chi connectivity index (χ0n) is 17.7. The molecule has 0 unspecified atom stereocenters. The Bertz CT molecular complexity index is 1270. The van der Waals surface area contributed by atoms with Crippen molar-refractivity contribution in [1.82, 2.24) is 14.5 Å². The van der Waals surface area contributed by atoms with Crippen LogP contribution < -0.4 is 10.9 Å². The van der Waals surface area contributed by atoms with Crippen molar-refractivity contribution in [2.75, 3.05) is 5.32 Å². The van der Waals surface area contributed by atoms with Gasteiger partial charge < -0.3 is 10.4 Å². The Balaban J connectivity index is 1.61. The Kier molecular flexibility index (Phi) is 6.36. The molecule has 0 saturated heterocycles. The molecule has 0 amide bonds. The molecule has 1 fully saturated rings. The van der Waals surface area contributed by atoms with E-state index < -0.39 is 29.1 Å². The van der Waals surface area contributed by atoms with E-state index in [0.717, 1.165) is 16.8 Å². The monoisotopic (exact) mass is 476 g/mol. The number of anilines is 1. The number of aliphatic carboxylic acids is 1. The molecule has 2 heterocycles. The number of halogens is 4. The summed E-state index contributed by atoms with van der Waals surface area (Å²) < 4.78 is 54.7. The summed E-state index contributed by atoms with van der Waals surface area (Å²) in [4.78, 5) is 31.5. The van der Waals surface area contributed by atoms with Crippen LogP contribution in [0.15, 0.2) is 53.6 Å². The average Bonchev–Trinajstić information content (AvgIpc) is 2.80. The average molecular weight is 476 g/mol. The largest absolute Gasteiger partial charge is 0.481 e. The molecule has 0 bridgehead atoms. The van der Waals surface area contributed by atoms with E-state index in [1.165, 1.54) is 24.3 Å². The first kappa shape index (κ1) is 23.4. The van der Waals surface area contributed by atoms with Gasteiger partial charge in [0, 0.05) is 29.6 Å². The number of hydrogen-bond donors (Lipinski definition) is 2. The second-order valence-electron chi connectivity index (χ2n) is 8.10. The summed E-state index contributed by atoms with van der Waals surface area (Å²) in [5.41, 5.74) is -1.38. The number of aromatic nitrogens is 3. The number of pyridine rings is 1. The molecule has 178 valence electrons. The minimum atomic E-state index is -4.63. The first-order chi connectivity index (χ1) is 16.1. The fourth-order valence-corrected chi connectivity index (χ4v) is 3.97. The molecule has 2 aromatic heterocycles. The quantitative estimate of drug-likeness (QED) is 0.526. The highest BCUT2D eigenvalue weighted by atomic mass is 19.4. The van der Waals surface area contributed by atoms with E-state index in [4.69, 9.17) is 5.11 Å². The van der Waals surface area contributed by atoms with E-state index in [-0.39, 0.29) is 34.9 Å². The SMILES string of the molecule is O=C(O)C1CCC(Nc2ncc(F)c(-c3cccc(-n4cc(C(F)(F)F)ccc4=O)c3)n2)CC1. The molecule has 11 heteroatoms. The summed E-state index contributed by atoms with van der Waals surface area (Å²) in [5, 5.41) is 12.2. The lowest BCUT2D eigenvalue weighted by molar-refractivity contribution is -0.142. The normalized spacial score (nSPS) is 18.5. The van der Waals surface area contributed by atoms with Crippen LogP contribution in [0.2, 0.25) is 0 Å². The maximum atomic E-state index is 14.6. The van der Waals surface area contributed by atoms with Gasteiger partial charge in [0.15, 0.2) is 5.82 Å². The molecule has 1 aliphatic rings. The number of carboxylic acid groups (broad SMARTS) is 1. The molecule has 7 nitrogen and oxygen atoms in total. The van der Waals surface area contributed by atoms with Crippen molar-refractivity contribution in [2.24, 2.45) is 5.92 Å². The third kappa shape index (κ3) is 5.08.